The molecule has 10 nitrogen and oxygen atoms in total. The Hall–Kier alpha value is -1.82. The lowest BCUT2D eigenvalue weighted by molar-refractivity contribution is -0.374. The number of rotatable bonds is 4. The van der Waals surface area contributed by atoms with Crippen LogP contribution in [0.15, 0.2) is 25.3 Å². The lowest BCUT2D eigenvalue weighted by atomic mass is 9.77. The maximum absolute atomic E-state index is 12.0. The van der Waals surface area contributed by atoms with Gasteiger partial charge in [0.2, 0.25) is 0 Å². The fourth-order valence-corrected chi connectivity index (χ4v) is 6.84. The number of ether oxygens (including phenoxy) is 4. The number of hydrogen-bond donors (Lipinski definition) is 0. The van der Waals surface area contributed by atoms with Crippen LogP contribution in [0.1, 0.15) is 81.1 Å². The molecule has 0 radical (unpaired) electrons. The van der Waals surface area contributed by atoms with Crippen molar-refractivity contribution < 1.29 is 38.2 Å². The van der Waals surface area contributed by atoms with E-state index in [0.717, 1.165) is 12.2 Å². The van der Waals surface area contributed by atoms with Crippen molar-refractivity contribution in [3.63, 3.8) is 0 Å². The van der Waals surface area contributed by atoms with Gasteiger partial charge in [-0.2, -0.15) is 0 Å². The van der Waals surface area contributed by atoms with Crippen molar-refractivity contribution in [1.82, 2.24) is 10.1 Å². The van der Waals surface area contributed by atoms with Crippen molar-refractivity contribution in [2.75, 3.05) is 26.4 Å². The Morgan fingerprint density at radius 3 is 1.03 bits per heavy atom. The molecule has 0 unspecified atom stereocenters. The number of carbonyl (C=O) groups is 2. The number of nitrogens with zero attached hydrogens (tertiary/aromatic N) is 2. The molecule has 0 N–H and O–H groups in total. The predicted octanol–water partition coefficient (Wildman–Crippen LogP) is 4.05. The van der Waals surface area contributed by atoms with Gasteiger partial charge in [0.05, 0.1) is 48.6 Å². The summed E-state index contributed by atoms with van der Waals surface area (Å²) >= 11 is 0. The Balaban J connectivity index is 1.75. The monoisotopic (exact) mass is 538 g/mol. The van der Waals surface area contributed by atoms with E-state index in [2.05, 4.69) is 13.2 Å². The normalized spacial score (nSPS) is 28.2. The van der Waals surface area contributed by atoms with Crippen molar-refractivity contribution in [3.8, 4) is 0 Å². The smallest absolute Gasteiger partial charge is 0.349 e. The topological polar surface area (TPSA) is 96.0 Å². The van der Waals surface area contributed by atoms with Gasteiger partial charge >= 0.3 is 11.9 Å². The number of piperidine rings is 2. The Labute approximate surface area is 227 Å². The van der Waals surface area contributed by atoms with E-state index in [0.29, 0.717) is 52.1 Å². The van der Waals surface area contributed by atoms with Crippen LogP contribution in [-0.4, -0.2) is 82.2 Å². The minimum atomic E-state index is -0.901. The molecule has 0 aromatic rings. The van der Waals surface area contributed by atoms with Crippen LogP contribution < -0.4 is 0 Å². The highest BCUT2D eigenvalue weighted by molar-refractivity contribution is 5.81. The molecule has 38 heavy (non-hydrogen) atoms. The van der Waals surface area contributed by atoms with Crippen molar-refractivity contribution in [2.24, 2.45) is 0 Å². The molecule has 0 aromatic carbocycles. The third-order valence-electron chi connectivity index (χ3n) is 7.33. The van der Waals surface area contributed by atoms with Crippen LogP contribution in [0.25, 0.3) is 0 Å². The number of hydroxylamine groups is 4. The lowest BCUT2D eigenvalue weighted by Gasteiger charge is -2.57. The molecular formula is C28H46N2O8. The molecule has 216 valence electrons. The summed E-state index contributed by atoms with van der Waals surface area (Å²) in [6, 6.07) is 0. The maximum Gasteiger partial charge on any atom is 0.349 e. The Morgan fingerprint density at radius 1 is 0.579 bits per heavy atom. The molecule has 3 rings (SSSR count). The maximum atomic E-state index is 12.0. The van der Waals surface area contributed by atoms with Crippen LogP contribution in [-0.2, 0) is 38.2 Å². The lowest BCUT2D eigenvalue weighted by Crippen LogP contribution is -2.68. The van der Waals surface area contributed by atoms with Gasteiger partial charge in [-0.3, -0.25) is 0 Å². The number of carbonyl (C=O) groups excluding carboxylic acids is 2. The molecule has 3 fully saturated rings. The first kappa shape index (κ1) is 30.7. The molecule has 2 spiro atoms. The van der Waals surface area contributed by atoms with Gasteiger partial charge in [-0.05, 0) is 55.4 Å². The Bertz CT molecular complexity index is 800. The minimum Gasteiger partial charge on any atom is -0.363 e. The molecule has 0 bridgehead atoms. The van der Waals surface area contributed by atoms with Gasteiger partial charge < -0.3 is 28.6 Å². The second-order valence-corrected chi connectivity index (χ2v) is 13.0. The van der Waals surface area contributed by atoms with Gasteiger partial charge in [0, 0.05) is 37.8 Å². The van der Waals surface area contributed by atoms with Gasteiger partial charge in [-0.25, -0.2) is 9.59 Å². The highest BCUT2D eigenvalue weighted by Crippen LogP contribution is 2.48. The van der Waals surface area contributed by atoms with Crippen molar-refractivity contribution >= 4 is 11.9 Å². The number of hydrogen-bond acceptors (Lipinski definition) is 10. The van der Waals surface area contributed by atoms with E-state index >= 15 is 0 Å². The summed E-state index contributed by atoms with van der Waals surface area (Å²) in [5.41, 5.74) is -2.29. The minimum absolute atomic E-state index is 0.291. The van der Waals surface area contributed by atoms with Gasteiger partial charge in [0.25, 0.3) is 0 Å². The molecule has 10 heteroatoms. The second-order valence-electron chi connectivity index (χ2n) is 13.0. The van der Waals surface area contributed by atoms with E-state index in [-0.39, 0.29) is 0 Å². The van der Waals surface area contributed by atoms with Gasteiger partial charge in [-0.1, -0.05) is 13.2 Å². The third kappa shape index (κ3) is 6.48. The van der Waals surface area contributed by atoms with Crippen molar-refractivity contribution in [1.29, 1.82) is 0 Å². The summed E-state index contributed by atoms with van der Waals surface area (Å²) in [6.07, 6.45) is 4.22. The summed E-state index contributed by atoms with van der Waals surface area (Å²) in [4.78, 5) is 35.3. The zero-order valence-electron chi connectivity index (χ0n) is 24.4. The average molecular weight is 539 g/mol. The Morgan fingerprint density at radius 2 is 0.816 bits per heavy atom. The molecule has 3 saturated heterocycles. The Kier molecular flexibility index (Phi) is 8.59. The molecule has 0 aromatic heterocycles. The standard InChI is InChI=1S/C28H46N2O8/c1-11-21(31)37-29-23(3,4)17-27(18-24(29,5)6)33-13-15-35-28(36-16-14-34-27)19-25(7,8)30(26(9,10)20-28)38-22(32)12-2/h11-12H,1-2,13-20H2,3-10H3. The molecule has 3 aliphatic heterocycles. The van der Waals surface area contributed by atoms with Gasteiger partial charge in [0.1, 0.15) is 0 Å². The summed E-state index contributed by atoms with van der Waals surface area (Å²) in [6.45, 7) is 24.2. The summed E-state index contributed by atoms with van der Waals surface area (Å²) in [5.74, 6) is -2.80. The summed E-state index contributed by atoms with van der Waals surface area (Å²) < 4.78 is 25.8. The third-order valence-corrected chi connectivity index (χ3v) is 7.33. The fourth-order valence-electron chi connectivity index (χ4n) is 6.84. The first-order valence-electron chi connectivity index (χ1n) is 13.3. The molecule has 0 atom stereocenters. The van der Waals surface area contributed by atoms with Crippen molar-refractivity contribution in [2.45, 2.75) is 115 Å². The summed E-state index contributed by atoms with van der Waals surface area (Å²) in [5, 5.41) is 3.44. The zero-order valence-corrected chi connectivity index (χ0v) is 24.4. The van der Waals surface area contributed by atoms with Crippen LogP contribution in [0, 0.1) is 0 Å². The fraction of sp³-hybridized carbons (Fsp3) is 0.786. The van der Waals surface area contributed by atoms with E-state index in [1.165, 1.54) is 0 Å². The molecule has 3 heterocycles. The molecule has 0 aliphatic carbocycles. The predicted molar refractivity (Wildman–Crippen MR) is 140 cm³/mol. The first-order valence-corrected chi connectivity index (χ1v) is 13.3. The van der Waals surface area contributed by atoms with E-state index in [1.54, 1.807) is 10.1 Å². The van der Waals surface area contributed by atoms with Crippen molar-refractivity contribution in [3.05, 3.63) is 25.3 Å². The van der Waals surface area contributed by atoms with E-state index in [9.17, 15) is 9.59 Å². The van der Waals surface area contributed by atoms with Gasteiger partial charge in [-0.15, -0.1) is 10.1 Å². The molecule has 0 saturated carbocycles. The van der Waals surface area contributed by atoms with E-state index in [4.69, 9.17) is 28.6 Å². The molecule has 0 amide bonds. The zero-order chi connectivity index (χ0) is 28.6. The van der Waals surface area contributed by atoms with E-state index < -0.39 is 45.7 Å². The largest absolute Gasteiger partial charge is 0.363 e. The summed E-state index contributed by atoms with van der Waals surface area (Å²) in [7, 11) is 0. The first-order chi connectivity index (χ1) is 17.4. The van der Waals surface area contributed by atoms with Gasteiger partial charge in [0.15, 0.2) is 11.6 Å². The second kappa shape index (κ2) is 10.6. The molecular weight excluding hydrogens is 492 g/mol. The molecule has 3 aliphatic rings. The highest BCUT2D eigenvalue weighted by atomic mass is 16.8. The van der Waals surface area contributed by atoms with Crippen LogP contribution in [0.5, 0.6) is 0 Å². The highest BCUT2D eigenvalue weighted by Gasteiger charge is 2.58. The SMILES string of the molecule is C=CC(=O)ON1C(C)(C)CC2(CC1(C)C)OCCOC1(CC(C)(C)N(OC(=O)C=C)C(C)(C)C1)OCCO2. The quantitative estimate of drug-likeness (QED) is 0.488. The van der Waals surface area contributed by atoms with Crippen LogP contribution in [0.2, 0.25) is 0 Å². The van der Waals surface area contributed by atoms with Crippen LogP contribution >= 0.6 is 0 Å². The van der Waals surface area contributed by atoms with E-state index in [1.807, 2.05) is 55.4 Å². The average Bonchev–Trinajstić information content (AvgIpc) is 2.78. The van der Waals surface area contributed by atoms with Crippen LogP contribution in [0.4, 0.5) is 0 Å². The van der Waals surface area contributed by atoms with Crippen LogP contribution in [0.3, 0.4) is 0 Å².